The number of benzene rings is 3. The molecule has 0 unspecified atom stereocenters. The Labute approximate surface area is 192 Å². The lowest BCUT2D eigenvalue weighted by molar-refractivity contribution is -0.115. The molecule has 0 aliphatic carbocycles. The predicted octanol–water partition coefficient (Wildman–Crippen LogP) is 4.83. The molecule has 6 nitrogen and oxygen atoms in total. The number of rotatable bonds is 4. The first-order valence-electron chi connectivity index (χ1n) is 10.2. The van der Waals surface area contributed by atoms with Gasteiger partial charge in [-0.3, -0.25) is 14.7 Å². The van der Waals surface area contributed by atoms with Gasteiger partial charge in [0.15, 0.2) is 17.5 Å². The Balaban J connectivity index is 1.28. The lowest BCUT2D eigenvalue weighted by Crippen LogP contribution is -2.26. The molecule has 33 heavy (non-hydrogen) atoms. The van der Waals surface area contributed by atoms with Crippen LogP contribution in [0.4, 0.5) is 14.6 Å². The number of H-pyrrole nitrogens is 1. The molecular formula is C24H17ClF2N4O2. The van der Waals surface area contributed by atoms with Crippen LogP contribution in [0.5, 0.6) is 0 Å². The van der Waals surface area contributed by atoms with E-state index in [-0.39, 0.29) is 36.0 Å². The van der Waals surface area contributed by atoms with Crippen molar-refractivity contribution < 1.29 is 18.4 Å². The van der Waals surface area contributed by atoms with Crippen LogP contribution in [-0.2, 0) is 24.3 Å². The Morgan fingerprint density at radius 2 is 1.79 bits per heavy atom. The topological polar surface area (TPSA) is 78.1 Å². The van der Waals surface area contributed by atoms with Gasteiger partial charge < -0.3 is 10.2 Å². The molecule has 1 aliphatic heterocycles. The summed E-state index contributed by atoms with van der Waals surface area (Å²) in [6, 6.07) is 15.3. The summed E-state index contributed by atoms with van der Waals surface area (Å²) in [4.78, 5) is 26.9. The van der Waals surface area contributed by atoms with Crippen molar-refractivity contribution in [1.82, 2.24) is 15.1 Å². The molecule has 0 atom stereocenters. The van der Waals surface area contributed by atoms with Gasteiger partial charge in [0.05, 0.1) is 35.8 Å². The number of aromatic amines is 1. The predicted molar refractivity (Wildman–Crippen MR) is 120 cm³/mol. The highest BCUT2D eigenvalue weighted by Crippen LogP contribution is 2.30. The summed E-state index contributed by atoms with van der Waals surface area (Å²) in [5, 5.41) is 11.7. The molecule has 1 aromatic heterocycles. The van der Waals surface area contributed by atoms with E-state index in [4.69, 9.17) is 11.6 Å². The van der Waals surface area contributed by atoms with Crippen LogP contribution in [0.2, 0.25) is 5.02 Å². The van der Waals surface area contributed by atoms with E-state index in [1.807, 2.05) is 42.5 Å². The van der Waals surface area contributed by atoms with Crippen molar-refractivity contribution in [2.24, 2.45) is 0 Å². The Bertz CT molecular complexity index is 1420. The number of carbonyl (C=O) groups excluding carboxylic acids is 2. The summed E-state index contributed by atoms with van der Waals surface area (Å²) < 4.78 is 26.9. The van der Waals surface area contributed by atoms with Crippen molar-refractivity contribution in [2.75, 3.05) is 5.32 Å². The number of aromatic nitrogens is 2. The first-order valence-corrected chi connectivity index (χ1v) is 10.5. The maximum Gasteiger partial charge on any atom is 0.256 e. The number of nitrogens with one attached hydrogen (secondary N) is 2. The Morgan fingerprint density at radius 1 is 1.03 bits per heavy atom. The maximum absolute atomic E-state index is 13.6. The highest BCUT2D eigenvalue weighted by molar-refractivity contribution is 6.33. The minimum atomic E-state index is -1.15. The molecule has 2 N–H and O–H groups in total. The summed E-state index contributed by atoms with van der Waals surface area (Å²) in [6.07, 6.45) is 0.166. The normalized spacial score (nSPS) is 12.8. The van der Waals surface area contributed by atoms with E-state index in [9.17, 15) is 18.4 Å². The molecule has 0 fully saturated rings. The summed E-state index contributed by atoms with van der Waals surface area (Å²) in [5.41, 5.74) is 2.05. The van der Waals surface area contributed by atoms with Gasteiger partial charge in [-0.05, 0) is 28.5 Å². The monoisotopic (exact) mass is 466 g/mol. The first kappa shape index (κ1) is 21.1. The van der Waals surface area contributed by atoms with Crippen LogP contribution in [0, 0.1) is 11.6 Å². The van der Waals surface area contributed by atoms with Crippen LogP contribution in [0.25, 0.3) is 10.8 Å². The largest absolute Gasteiger partial charge is 0.328 e. The fourth-order valence-electron chi connectivity index (χ4n) is 3.95. The van der Waals surface area contributed by atoms with Gasteiger partial charge in [0.2, 0.25) is 5.91 Å². The van der Waals surface area contributed by atoms with E-state index in [1.54, 1.807) is 0 Å². The minimum Gasteiger partial charge on any atom is -0.328 e. The summed E-state index contributed by atoms with van der Waals surface area (Å²) >= 11 is 5.94. The van der Waals surface area contributed by atoms with Gasteiger partial charge in [0.25, 0.3) is 5.91 Å². The smallest absolute Gasteiger partial charge is 0.256 e. The van der Waals surface area contributed by atoms with E-state index in [2.05, 4.69) is 15.5 Å². The number of nitrogens with zero attached hydrogens (tertiary/aromatic N) is 2. The average molecular weight is 467 g/mol. The van der Waals surface area contributed by atoms with Crippen LogP contribution >= 0.6 is 11.6 Å². The van der Waals surface area contributed by atoms with Gasteiger partial charge >= 0.3 is 0 Å². The average Bonchev–Trinajstić information content (AvgIpc) is 3.38. The molecule has 2 amide bonds. The van der Waals surface area contributed by atoms with Gasteiger partial charge in [-0.15, -0.1) is 0 Å². The lowest BCUT2D eigenvalue weighted by Gasteiger charge is -2.17. The standard InChI is InChI=1S/C24H17ClF2N4O2/c25-18-10-20(27)19(26)9-16(18)24(33)31-11-17-21(12-31)29-30-23(17)28-22(32)8-13-5-6-14-3-1-2-4-15(14)7-13/h1-7,9-10H,8,11-12H2,(H2,28,29,30,32). The molecule has 2 heterocycles. The van der Waals surface area contributed by atoms with Crippen molar-refractivity contribution >= 4 is 40.0 Å². The van der Waals surface area contributed by atoms with E-state index in [0.29, 0.717) is 17.1 Å². The highest BCUT2D eigenvalue weighted by Gasteiger charge is 2.30. The highest BCUT2D eigenvalue weighted by atomic mass is 35.5. The Morgan fingerprint density at radius 3 is 2.61 bits per heavy atom. The molecule has 9 heteroatoms. The molecule has 166 valence electrons. The summed E-state index contributed by atoms with van der Waals surface area (Å²) in [6.45, 7) is 0.322. The molecule has 0 spiro atoms. The zero-order valence-electron chi connectivity index (χ0n) is 17.2. The second kappa shape index (κ2) is 8.29. The third-order valence-electron chi connectivity index (χ3n) is 5.61. The quantitative estimate of drug-likeness (QED) is 0.423. The van der Waals surface area contributed by atoms with Gasteiger partial charge in [0, 0.05) is 5.56 Å². The number of fused-ring (bicyclic) bond motifs is 2. The van der Waals surface area contributed by atoms with Crippen molar-refractivity contribution in [2.45, 2.75) is 19.5 Å². The van der Waals surface area contributed by atoms with Crippen LogP contribution in [0.15, 0.2) is 54.6 Å². The fraction of sp³-hybridized carbons (Fsp3) is 0.125. The van der Waals surface area contributed by atoms with Crippen molar-refractivity contribution in [3.05, 3.63) is 93.6 Å². The van der Waals surface area contributed by atoms with E-state index >= 15 is 0 Å². The second-order valence-electron chi connectivity index (χ2n) is 7.84. The second-order valence-corrected chi connectivity index (χ2v) is 8.25. The fourth-order valence-corrected chi connectivity index (χ4v) is 4.19. The third kappa shape index (κ3) is 4.05. The number of hydrogen-bond acceptors (Lipinski definition) is 3. The van der Waals surface area contributed by atoms with Crippen LogP contribution in [0.3, 0.4) is 0 Å². The number of carbonyl (C=O) groups is 2. The van der Waals surface area contributed by atoms with E-state index in [1.165, 1.54) is 4.90 Å². The van der Waals surface area contributed by atoms with Gasteiger partial charge in [0.1, 0.15) is 0 Å². The number of halogens is 3. The molecular weight excluding hydrogens is 450 g/mol. The van der Waals surface area contributed by atoms with Crippen LogP contribution in [-0.4, -0.2) is 26.9 Å². The van der Waals surface area contributed by atoms with Crippen LogP contribution in [0.1, 0.15) is 27.2 Å². The molecule has 0 bridgehead atoms. The number of hydrogen-bond donors (Lipinski definition) is 2. The first-order chi connectivity index (χ1) is 15.9. The molecule has 0 saturated heterocycles. The van der Waals surface area contributed by atoms with Crippen molar-refractivity contribution in [3.8, 4) is 0 Å². The SMILES string of the molecule is O=C(Cc1ccc2ccccc2c1)Nc1n[nH]c2c1CN(C(=O)c1cc(F)c(F)cc1Cl)C2. The lowest BCUT2D eigenvalue weighted by atomic mass is 10.0. The molecule has 0 saturated carbocycles. The van der Waals surface area contributed by atoms with Crippen molar-refractivity contribution in [1.29, 1.82) is 0 Å². The maximum atomic E-state index is 13.6. The molecule has 1 aliphatic rings. The zero-order valence-corrected chi connectivity index (χ0v) is 17.9. The molecule has 0 radical (unpaired) electrons. The van der Waals surface area contributed by atoms with E-state index in [0.717, 1.165) is 28.5 Å². The third-order valence-corrected chi connectivity index (χ3v) is 5.93. The van der Waals surface area contributed by atoms with Crippen LogP contribution < -0.4 is 5.32 Å². The van der Waals surface area contributed by atoms with Gasteiger partial charge in [-0.1, -0.05) is 54.1 Å². The van der Waals surface area contributed by atoms with E-state index < -0.39 is 17.5 Å². The summed E-state index contributed by atoms with van der Waals surface area (Å²) in [7, 11) is 0. The Kier molecular flexibility index (Phi) is 5.30. The minimum absolute atomic E-state index is 0.129. The van der Waals surface area contributed by atoms with Gasteiger partial charge in [-0.25, -0.2) is 8.78 Å². The van der Waals surface area contributed by atoms with Gasteiger partial charge in [-0.2, -0.15) is 5.10 Å². The summed E-state index contributed by atoms with van der Waals surface area (Å²) in [5.74, 6) is -2.72. The number of anilines is 1. The van der Waals surface area contributed by atoms with Crippen molar-refractivity contribution in [3.63, 3.8) is 0 Å². The Hall–Kier alpha value is -3.78. The molecule has 4 aromatic rings. The molecule has 5 rings (SSSR count). The number of amides is 2. The molecule has 3 aromatic carbocycles. The zero-order chi connectivity index (χ0) is 23.1.